The number of anilines is 1. The van der Waals surface area contributed by atoms with E-state index in [1.54, 1.807) is 29.1 Å². The lowest BCUT2D eigenvalue weighted by atomic mass is 10.3. The first-order chi connectivity index (χ1) is 14.5. The minimum absolute atomic E-state index is 0.0704. The first-order valence-electron chi connectivity index (χ1n) is 8.63. The van der Waals surface area contributed by atoms with Gasteiger partial charge in [0.25, 0.3) is 5.69 Å². The first-order valence-corrected chi connectivity index (χ1v) is 9.99. The summed E-state index contributed by atoms with van der Waals surface area (Å²) in [6.07, 6.45) is 3.06. The predicted molar refractivity (Wildman–Crippen MR) is 114 cm³/mol. The summed E-state index contributed by atoms with van der Waals surface area (Å²) in [6.45, 7) is 0. The summed E-state index contributed by atoms with van der Waals surface area (Å²) >= 11 is 7.17. The Labute approximate surface area is 179 Å². The Hall–Kier alpha value is -3.50. The molecule has 0 spiro atoms. The van der Waals surface area contributed by atoms with Gasteiger partial charge >= 0.3 is 0 Å². The Morgan fingerprint density at radius 1 is 1.20 bits per heavy atom. The summed E-state index contributed by atoms with van der Waals surface area (Å²) in [7, 11) is 0. The normalized spacial score (nSPS) is 10.8. The molecule has 0 aliphatic rings. The van der Waals surface area contributed by atoms with Crippen LogP contribution in [0.5, 0.6) is 0 Å². The molecule has 0 unspecified atom stereocenters. The van der Waals surface area contributed by atoms with Gasteiger partial charge in [0.05, 0.1) is 27.9 Å². The zero-order chi connectivity index (χ0) is 21.1. The van der Waals surface area contributed by atoms with Gasteiger partial charge in [-0.2, -0.15) is 5.10 Å². The van der Waals surface area contributed by atoms with E-state index in [0.717, 1.165) is 5.69 Å². The number of nitrogens with zero attached hydrogens (tertiary/aromatic N) is 5. The van der Waals surface area contributed by atoms with E-state index in [2.05, 4.69) is 20.4 Å². The largest absolute Gasteiger partial charge is 0.325 e. The average molecular weight is 441 g/mol. The van der Waals surface area contributed by atoms with Crippen LogP contribution in [0, 0.1) is 10.1 Å². The lowest BCUT2D eigenvalue weighted by Crippen LogP contribution is -2.14. The van der Waals surface area contributed by atoms with Gasteiger partial charge < -0.3 is 5.32 Å². The number of nitro benzene ring substituents is 1. The topological polar surface area (TPSA) is 116 Å². The number of amides is 1. The molecule has 4 aromatic rings. The summed E-state index contributed by atoms with van der Waals surface area (Å²) < 4.78 is 1.67. The first kappa shape index (κ1) is 19.8. The van der Waals surface area contributed by atoms with Crippen LogP contribution in [0.3, 0.4) is 0 Å². The molecule has 4 rings (SSSR count). The van der Waals surface area contributed by atoms with Crippen molar-refractivity contribution in [2.45, 2.75) is 5.03 Å². The third-order valence-corrected chi connectivity index (χ3v) is 5.34. The number of halogens is 1. The maximum absolute atomic E-state index is 12.3. The second-order valence-corrected chi connectivity index (χ2v) is 7.49. The van der Waals surface area contributed by atoms with Crippen LogP contribution in [0.2, 0.25) is 5.02 Å². The zero-order valence-electron chi connectivity index (χ0n) is 15.2. The number of nitrogens with one attached hydrogen (secondary N) is 1. The standard InChI is InChI=1S/C19H13ClN6O3S/c20-12-4-6-14(7-5-12)25-18-16(9-23-25)19(22-11-21-18)30-10-17(27)24-13-2-1-3-15(8-13)26(28)29/h1-9,11H,10H2,(H,24,27). The second-order valence-electron chi connectivity index (χ2n) is 6.09. The molecule has 9 nitrogen and oxygen atoms in total. The van der Waals surface area contributed by atoms with Gasteiger partial charge in [0.15, 0.2) is 5.65 Å². The highest BCUT2D eigenvalue weighted by Crippen LogP contribution is 2.26. The van der Waals surface area contributed by atoms with Crippen LogP contribution in [-0.2, 0) is 4.79 Å². The summed E-state index contributed by atoms with van der Waals surface area (Å²) in [5.74, 6) is -0.238. The van der Waals surface area contributed by atoms with Crippen LogP contribution in [-0.4, -0.2) is 36.3 Å². The van der Waals surface area contributed by atoms with Gasteiger partial charge in [-0.3, -0.25) is 14.9 Å². The number of fused-ring (bicyclic) bond motifs is 1. The van der Waals surface area contributed by atoms with Crippen LogP contribution in [0.25, 0.3) is 16.7 Å². The van der Waals surface area contributed by atoms with E-state index >= 15 is 0 Å². The zero-order valence-corrected chi connectivity index (χ0v) is 16.8. The molecule has 0 bridgehead atoms. The van der Waals surface area contributed by atoms with Gasteiger partial charge in [-0.15, -0.1) is 0 Å². The van der Waals surface area contributed by atoms with Gasteiger partial charge in [-0.25, -0.2) is 14.6 Å². The van der Waals surface area contributed by atoms with Crippen molar-refractivity contribution in [3.8, 4) is 5.69 Å². The number of carbonyl (C=O) groups excluding carboxylic acids is 1. The van der Waals surface area contributed by atoms with E-state index < -0.39 is 4.92 Å². The van der Waals surface area contributed by atoms with Gasteiger partial charge in [0.2, 0.25) is 5.91 Å². The number of carbonyl (C=O) groups is 1. The minimum Gasteiger partial charge on any atom is -0.325 e. The van der Waals surface area contributed by atoms with Crippen molar-refractivity contribution in [2.75, 3.05) is 11.1 Å². The molecule has 1 amide bonds. The number of non-ortho nitro benzene ring substituents is 1. The van der Waals surface area contributed by atoms with Crippen molar-refractivity contribution in [1.82, 2.24) is 19.7 Å². The van der Waals surface area contributed by atoms with Crippen LogP contribution in [0.4, 0.5) is 11.4 Å². The van der Waals surface area contributed by atoms with Crippen molar-refractivity contribution >= 4 is 51.7 Å². The average Bonchev–Trinajstić information content (AvgIpc) is 3.18. The number of thioether (sulfide) groups is 1. The lowest BCUT2D eigenvalue weighted by Gasteiger charge is -2.06. The van der Waals surface area contributed by atoms with E-state index in [1.807, 2.05) is 12.1 Å². The van der Waals surface area contributed by atoms with E-state index in [-0.39, 0.29) is 17.3 Å². The molecular weight excluding hydrogens is 428 g/mol. The number of hydrogen-bond acceptors (Lipinski definition) is 7. The van der Waals surface area contributed by atoms with Gasteiger partial charge in [-0.05, 0) is 30.3 Å². The van der Waals surface area contributed by atoms with Crippen LogP contribution in [0.15, 0.2) is 66.1 Å². The van der Waals surface area contributed by atoms with Crippen LogP contribution in [0.1, 0.15) is 0 Å². The molecule has 0 atom stereocenters. The van der Waals surface area contributed by atoms with Crippen molar-refractivity contribution in [3.63, 3.8) is 0 Å². The van der Waals surface area contributed by atoms with Crippen molar-refractivity contribution in [3.05, 3.63) is 76.2 Å². The van der Waals surface area contributed by atoms with Crippen molar-refractivity contribution in [1.29, 1.82) is 0 Å². The van der Waals surface area contributed by atoms with E-state index in [9.17, 15) is 14.9 Å². The third kappa shape index (κ3) is 4.24. The molecule has 0 radical (unpaired) electrons. The highest BCUT2D eigenvalue weighted by atomic mass is 35.5. The molecule has 2 aromatic carbocycles. The Balaban J connectivity index is 1.49. The molecule has 0 aliphatic heterocycles. The van der Waals surface area contributed by atoms with E-state index in [0.29, 0.717) is 26.8 Å². The fourth-order valence-electron chi connectivity index (χ4n) is 2.74. The maximum atomic E-state index is 12.3. The van der Waals surface area contributed by atoms with Crippen molar-refractivity contribution < 1.29 is 9.72 Å². The number of nitro groups is 1. The van der Waals surface area contributed by atoms with Crippen LogP contribution >= 0.6 is 23.4 Å². The number of aromatic nitrogens is 4. The highest BCUT2D eigenvalue weighted by molar-refractivity contribution is 8.00. The third-order valence-electron chi connectivity index (χ3n) is 4.08. The smallest absolute Gasteiger partial charge is 0.271 e. The number of rotatable bonds is 6. The SMILES string of the molecule is O=C(CSc1ncnc2c1cnn2-c1ccc(Cl)cc1)Nc1cccc([N+](=O)[O-])c1. The minimum atomic E-state index is -0.514. The molecule has 30 heavy (non-hydrogen) atoms. The Bertz CT molecular complexity index is 1240. The molecule has 150 valence electrons. The second kappa shape index (κ2) is 8.47. The lowest BCUT2D eigenvalue weighted by molar-refractivity contribution is -0.384. The van der Waals surface area contributed by atoms with Crippen LogP contribution < -0.4 is 5.32 Å². The fraction of sp³-hybridized carbons (Fsp3) is 0.0526. The Morgan fingerprint density at radius 3 is 2.77 bits per heavy atom. The summed E-state index contributed by atoms with van der Waals surface area (Å²) in [5, 5.41) is 19.8. The monoisotopic (exact) mass is 440 g/mol. The predicted octanol–water partition coefficient (Wildman–Crippen LogP) is 4.11. The number of benzene rings is 2. The fourth-order valence-corrected chi connectivity index (χ4v) is 3.62. The molecule has 11 heteroatoms. The molecule has 0 saturated carbocycles. The molecule has 0 saturated heterocycles. The summed E-state index contributed by atoms with van der Waals surface area (Å²) in [6, 6.07) is 13.0. The Kier molecular flexibility index (Phi) is 5.59. The maximum Gasteiger partial charge on any atom is 0.271 e. The molecule has 1 N–H and O–H groups in total. The Morgan fingerprint density at radius 2 is 2.00 bits per heavy atom. The van der Waals surface area contributed by atoms with E-state index in [4.69, 9.17) is 11.6 Å². The molecule has 0 aliphatic carbocycles. The molecule has 2 aromatic heterocycles. The summed E-state index contributed by atoms with van der Waals surface area (Å²) in [5.41, 5.74) is 1.67. The summed E-state index contributed by atoms with van der Waals surface area (Å²) in [4.78, 5) is 31.2. The van der Waals surface area contributed by atoms with Gasteiger partial charge in [0.1, 0.15) is 11.4 Å². The highest BCUT2D eigenvalue weighted by Gasteiger charge is 2.14. The molecule has 2 heterocycles. The van der Waals surface area contributed by atoms with Gasteiger partial charge in [0, 0.05) is 22.8 Å². The number of hydrogen-bond donors (Lipinski definition) is 1. The molecular formula is C19H13ClN6O3S. The van der Waals surface area contributed by atoms with Crippen molar-refractivity contribution in [2.24, 2.45) is 0 Å². The molecule has 0 fully saturated rings. The van der Waals surface area contributed by atoms with Gasteiger partial charge in [-0.1, -0.05) is 29.4 Å². The van der Waals surface area contributed by atoms with E-state index in [1.165, 1.54) is 36.3 Å². The quantitative estimate of drug-likeness (QED) is 0.207.